The van der Waals surface area contributed by atoms with Crippen LogP contribution in [0.1, 0.15) is 5.69 Å². The lowest BCUT2D eigenvalue weighted by atomic mass is 10.2. The Labute approximate surface area is 120 Å². The van der Waals surface area contributed by atoms with Crippen LogP contribution in [0.3, 0.4) is 0 Å². The van der Waals surface area contributed by atoms with Gasteiger partial charge in [-0.05, 0) is 24.3 Å². The fourth-order valence-corrected chi connectivity index (χ4v) is 1.96. The first kappa shape index (κ1) is 13.1. The van der Waals surface area contributed by atoms with Gasteiger partial charge in [-0.2, -0.15) is 0 Å². The number of rotatable bonds is 3. The number of hydrogen-bond donors (Lipinski definition) is 2. The van der Waals surface area contributed by atoms with Gasteiger partial charge in [0.2, 0.25) is 0 Å². The van der Waals surface area contributed by atoms with Crippen LogP contribution in [-0.2, 0) is 0 Å². The highest BCUT2D eigenvalue weighted by atomic mass is 35.5. The average molecular weight is 298 g/mol. The number of benzene rings is 1. The molecule has 0 aliphatic rings. The molecular formula is C12H9Cl2N3S. The van der Waals surface area contributed by atoms with E-state index in [-0.39, 0.29) is 4.99 Å². The van der Waals surface area contributed by atoms with Gasteiger partial charge in [-0.1, -0.05) is 41.5 Å². The van der Waals surface area contributed by atoms with Crippen molar-refractivity contribution in [3.8, 4) is 0 Å². The van der Waals surface area contributed by atoms with E-state index in [0.717, 1.165) is 0 Å². The van der Waals surface area contributed by atoms with Gasteiger partial charge >= 0.3 is 0 Å². The van der Waals surface area contributed by atoms with Gasteiger partial charge in [-0.3, -0.25) is 4.98 Å². The fraction of sp³-hybridized carbons (Fsp3) is 0. The molecule has 0 aliphatic heterocycles. The highest BCUT2D eigenvalue weighted by Crippen LogP contribution is 2.32. The Bertz CT molecular complexity index is 602. The molecule has 0 amide bonds. The van der Waals surface area contributed by atoms with Gasteiger partial charge in [0, 0.05) is 6.20 Å². The summed E-state index contributed by atoms with van der Waals surface area (Å²) in [6, 6.07) is 8.92. The highest BCUT2D eigenvalue weighted by molar-refractivity contribution is 7.80. The van der Waals surface area contributed by atoms with Gasteiger partial charge in [-0.25, -0.2) is 0 Å². The number of halogens is 2. The second kappa shape index (κ2) is 5.52. The van der Waals surface area contributed by atoms with Crippen LogP contribution in [0.25, 0.3) is 0 Å². The van der Waals surface area contributed by atoms with Crippen molar-refractivity contribution in [1.29, 1.82) is 0 Å². The van der Waals surface area contributed by atoms with Crippen LogP contribution >= 0.6 is 35.4 Å². The minimum Gasteiger partial charge on any atom is -0.388 e. The van der Waals surface area contributed by atoms with E-state index in [0.29, 0.717) is 27.1 Å². The van der Waals surface area contributed by atoms with Crippen molar-refractivity contribution in [2.24, 2.45) is 5.73 Å². The summed E-state index contributed by atoms with van der Waals surface area (Å²) in [7, 11) is 0. The molecule has 1 aromatic heterocycles. The number of pyridine rings is 1. The quantitative estimate of drug-likeness (QED) is 0.847. The van der Waals surface area contributed by atoms with E-state index in [1.165, 1.54) is 0 Å². The number of hydrogen-bond acceptors (Lipinski definition) is 3. The molecule has 0 radical (unpaired) electrons. The summed E-state index contributed by atoms with van der Waals surface area (Å²) in [5, 5.41) is 4.03. The van der Waals surface area contributed by atoms with Gasteiger partial charge in [0.1, 0.15) is 10.7 Å². The van der Waals surface area contributed by atoms with Crippen LogP contribution in [0, 0.1) is 0 Å². The first-order valence-corrected chi connectivity index (χ1v) is 6.22. The maximum absolute atomic E-state index is 6.10. The third kappa shape index (κ3) is 2.72. The van der Waals surface area contributed by atoms with Gasteiger partial charge < -0.3 is 11.1 Å². The molecule has 0 spiro atoms. The van der Waals surface area contributed by atoms with Crippen LogP contribution in [0.2, 0.25) is 10.0 Å². The van der Waals surface area contributed by atoms with Gasteiger partial charge in [-0.15, -0.1) is 0 Å². The molecule has 0 bridgehead atoms. The molecule has 0 unspecified atom stereocenters. The average Bonchev–Trinajstić information content (AvgIpc) is 2.35. The molecule has 1 heterocycles. The molecule has 1 aromatic carbocycles. The Morgan fingerprint density at radius 3 is 2.61 bits per heavy atom. The third-order valence-corrected chi connectivity index (χ3v) is 3.27. The molecular weight excluding hydrogens is 289 g/mol. The monoisotopic (exact) mass is 297 g/mol. The summed E-state index contributed by atoms with van der Waals surface area (Å²) in [5.74, 6) is 0. The molecule has 0 fully saturated rings. The van der Waals surface area contributed by atoms with E-state index in [2.05, 4.69) is 10.3 Å². The highest BCUT2D eigenvalue weighted by Gasteiger charge is 2.09. The van der Waals surface area contributed by atoms with Gasteiger partial charge in [0.25, 0.3) is 0 Å². The van der Waals surface area contributed by atoms with Crippen molar-refractivity contribution in [2.45, 2.75) is 0 Å². The van der Waals surface area contributed by atoms with Crippen LogP contribution in [0.5, 0.6) is 0 Å². The molecule has 18 heavy (non-hydrogen) atoms. The lowest BCUT2D eigenvalue weighted by Crippen LogP contribution is -2.13. The Morgan fingerprint density at radius 2 is 1.89 bits per heavy atom. The number of anilines is 2. The minimum atomic E-state index is 0.219. The summed E-state index contributed by atoms with van der Waals surface area (Å²) >= 11 is 17.0. The Kier molecular flexibility index (Phi) is 4.01. The molecule has 3 N–H and O–H groups in total. The maximum atomic E-state index is 6.10. The van der Waals surface area contributed by atoms with Crippen molar-refractivity contribution in [3.63, 3.8) is 0 Å². The standard InChI is InChI=1S/C12H9Cl2N3S/c13-7-3-1-4-8(10(7)14)17-9-5-2-6-16-11(9)12(15)18/h1-6,17H,(H2,15,18). The second-order valence-electron chi connectivity index (χ2n) is 3.49. The number of nitrogens with one attached hydrogen (secondary N) is 1. The molecule has 0 aliphatic carbocycles. The molecule has 0 atom stereocenters. The van der Waals surface area contributed by atoms with Crippen LogP contribution < -0.4 is 11.1 Å². The van der Waals surface area contributed by atoms with E-state index in [1.54, 1.807) is 24.4 Å². The molecule has 6 heteroatoms. The summed E-state index contributed by atoms with van der Waals surface area (Å²) < 4.78 is 0. The third-order valence-electron chi connectivity index (χ3n) is 2.26. The topological polar surface area (TPSA) is 50.9 Å². The Morgan fingerprint density at radius 1 is 1.17 bits per heavy atom. The van der Waals surface area contributed by atoms with Gasteiger partial charge in [0.05, 0.1) is 21.4 Å². The van der Waals surface area contributed by atoms with Crippen LogP contribution in [0.15, 0.2) is 36.5 Å². The number of nitrogens with zero attached hydrogens (tertiary/aromatic N) is 1. The predicted molar refractivity (Wildman–Crippen MR) is 79.9 cm³/mol. The van der Waals surface area contributed by atoms with E-state index in [9.17, 15) is 0 Å². The lowest BCUT2D eigenvalue weighted by molar-refractivity contribution is 1.29. The molecule has 2 rings (SSSR count). The second-order valence-corrected chi connectivity index (χ2v) is 4.72. The number of thiocarbonyl (C=S) groups is 1. The number of nitrogens with two attached hydrogens (primary N) is 1. The van der Waals surface area contributed by atoms with E-state index < -0.39 is 0 Å². The predicted octanol–water partition coefficient (Wildman–Crippen LogP) is 3.77. The van der Waals surface area contributed by atoms with Crippen molar-refractivity contribution >= 4 is 51.8 Å². The molecule has 0 saturated carbocycles. The molecule has 2 aromatic rings. The molecule has 3 nitrogen and oxygen atoms in total. The fourth-order valence-electron chi connectivity index (χ4n) is 1.45. The largest absolute Gasteiger partial charge is 0.388 e. The zero-order valence-corrected chi connectivity index (χ0v) is 11.5. The first-order chi connectivity index (χ1) is 8.59. The zero-order valence-electron chi connectivity index (χ0n) is 9.15. The van der Waals surface area contributed by atoms with E-state index in [1.807, 2.05) is 12.1 Å². The van der Waals surface area contributed by atoms with Crippen molar-refractivity contribution in [2.75, 3.05) is 5.32 Å². The summed E-state index contributed by atoms with van der Waals surface area (Å²) in [4.78, 5) is 4.34. The van der Waals surface area contributed by atoms with Crippen molar-refractivity contribution in [1.82, 2.24) is 4.98 Å². The Balaban J connectivity index is 2.40. The summed E-state index contributed by atoms with van der Waals surface area (Å²) in [6.07, 6.45) is 1.62. The molecule has 92 valence electrons. The number of aromatic nitrogens is 1. The maximum Gasteiger partial charge on any atom is 0.124 e. The zero-order chi connectivity index (χ0) is 13.1. The first-order valence-electron chi connectivity index (χ1n) is 5.05. The Hall–Kier alpha value is -1.36. The van der Waals surface area contributed by atoms with E-state index >= 15 is 0 Å². The summed E-state index contributed by atoms with van der Waals surface area (Å²) in [5.41, 5.74) is 7.49. The molecule has 0 saturated heterocycles. The van der Waals surface area contributed by atoms with Crippen molar-refractivity contribution in [3.05, 3.63) is 52.3 Å². The van der Waals surface area contributed by atoms with Gasteiger partial charge in [0.15, 0.2) is 0 Å². The smallest absolute Gasteiger partial charge is 0.124 e. The summed E-state index contributed by atoms with van der Waals surface area (Å²) in [6.45, 7) is 0. The minimum absolute atomic E-state index is 0.219. The van der Waals surface area contributed by atoms with Crippen LogP contribution in [-0.4, -0.2) is 9.97 Å². The normalized spacial score (nSPS) is 10.1. The SMILES string of the molecule is NC(=S)c1ncccc1Nc1cccc(Cl)c1Cl. The van der Waals surface area contributed by atoms with Crippen LogP contribution in [0.4, 0.5) is 11.4 Å². The van der Waals surface area contributed by atoms with E-state index in [4.69, 9.17) is 41.2 Å². The lowest BCUT2D eigenvalue weighted by Gasteiger charge is -2.11. The van der Waals surface area contributed by atoms with Crippen molar-refractivity contribution < 1.29 is 0 Å².